The number of aliphatic carboxylic acids is 1. The lowest BCUT2D eigenvalue weighted by atomic mass is 10.4. The molecule has 0 aliphatic rings. The number of rotatable bonds is 4. The monoisotopic (exact) mass is 263 g/mol. The maximum atomic E-state index is 11.6. The van der Waals surface area contributed by atoms with Gasteiger partial charge < -0.3 is 5.11 Å². The number of benzene rings is 1. The molecule has 0 saturated carbocycles. The lowest BCUT2D eigenvalue weighted by Crippen LogP contribution is -2.38. The average molecular weight is 264 g/mol. The first kappa shape index (κ1) is 13.0. The van der Waals surface area contributed by atoms with Gasteiger partial charge in [-0.25, -0.2) is 8.42 Å². The fraction of sp³-hybridized carbons (Fsp3) is 0.222. The van der Waals surface area contributed by atoms with Crippen LogP contribution in [0.3, 0.4) is 0 Å². The van der Waals surface area contributed by atoms with E-state index in [1.54, 1.807) is 0 Å². The maximum absolute atomic E-state index is 11.6. The van der Waals surface area contributed by atoms with Crippen molar-refractivity contribution in [3.05, 3.63) is 29.3 Å². The summed E-state index contributed by atoms with van der Waals surface area (Å²) in [6.45, 7) is 1.25. The molecule has 0 aliphatic heterocycles. The van der Waals surface area contributed by atoms with Gasteiger partial charge in [0, 0.05) is 5.02 Å². The predicted molar refractivity (Wildman–Crippen MR) is 58.9 cm³/mol. The molecule has 7 heteroatoms. The van der Waals surface area contributed by atoms with E-state index in [0.717, 1.165) is 0 Å². The van der Waals surface area contributed by atoms with Gasteiger partial charge in [0.25, 0.3) is 0 Å². The maximum Gasteiger partial charge on any atom is 0.321 e. The Bertz CT molecular complexity index is 483. The second kappa shape index (κ2) is 4.82. The Morgan fingerprint density at radius 3 is 2.31 bits per heavy atom. The number of nitrogens with one attached hydrogen (secondary N) is 1. The zero-order valence-corrected chi connectivity index (χ0v) is 9.92. The number of carbonyl (C=O) groups is 1. The third kappa shape index (κ3) is 3.19. The van der Waals surface area contributed by atoms with E-state index in [1.807, 2.05) is 4.72 Å². The van der Waals surface area contributed by atoms with Crippen molar-refractivity contribution in [2.45, 2.75) is 17.9 Å². The Kier molecular flexibility index (Phi) is 3.90. The first-order valence-corrected chi connectivity index (χ1v) is 6.20. The van der Waals surface area contributed by atoms with Gasteiger partial charge in [0.1, 0.15) is 6.04 Å². The third-order valence-corrected chi connectivity index (χ3v) is 3.63. The van der Waals surface area contributed by atoms with E-state index in [-0.39, 0.29) is 4.90 Å². The second-order valence-electron chi connectivity index (χ2n) is 3.14. The Balaban J connectivity index is 2.94. The van der Waals surface area contributed by atoms with Gasteiger partial charge in [0.05, 0.1) is 4.90 Å². The van der Waals surface area contributed by atoms with Crippen molar-refractivity contribution >= 4 is 27.6 Å². The van der Waals surface area contributed by atoms with Crippen LogP contribution in [-0.4, -0.2) is 25.5 Å². The van der Waals surface area contributed by atoms with Gasteiger partial charge in [-0.05, 0) is 31.2 Å². The Morgan fingerprint density at radius 1 is 1.38 bits per heavy atom. The van der Waals surface area contributed by atoms with E-state index in [1.165, 1.54) is 31.2 Å². The van der Waals surface area contributed by atoms with Crippen molar-refractivity contribution in [1.82, 2.24) is 4.72 Å². The molecule has 0 aliphatic carbocycles. The fourth-order valence-corrected chi connectivity index (χ4v) is 2.29. The summed E-state index contributed by atoms with van der Waals surface area (Å²) in [7, 11) is -3.81. The summed E-state index contributed by atoms with van der Waals surface area (Å²) in [6.07, 6.45) is 0. The van der Waals surface area contributed by atoms with Gasteiger partial charge in [-0.15, -0.1) is 0 Å². The van der Waals surface area contributed by atoms with Crippen LogP contribution in [0, 0.1) is 0 Å². The lowest BCUT2D eigenvalue weighted by Gasteiger charge is -2.09. The summed E-state index contributed by atoms with van der Waals surface area (Å²) in [5.41, 5.74) is 0. The van der Waals surface area contributed by atoms with Gasteiger partial charge in [-0.2, -0.15) is 4.72 Å². The van der Waals surface area contributed by atoms with Crippen molar-refractivity contribution < 1.29 is 18.3 Å². The molecular formula is C9H10ClNO4S. The van der Waals surface area contributed by atoms with Crippen molar-refractivity contribution in [3.8, 4) is 0 Å². The second-order valence-corrected chi connectivity index (χ2v) is 5.29. The minimum Gasteiger partial charge on any atom is -0.480 e. The molecule has 0 heterocycles. The molecule has 0 unspecified atom stereocenters. The summed E-state index contributed by atoms with van der Waals surface area (Å²) < 4.78 is 25.3. The highest BCUT2D eigenvalue weighted by Crippen LogP contribution is 2.14. The third-order valence-electron chi connectivity index (χ3n) is 1.83. The molecule has 2 N–H and O–H groups in total. The molecule has 1 atom stereocenters. The van der Waals surface area contributed by atoms with Crippen LogP contribution in [0.25, 0.3) is 0 Å². The van der Waals surface area contributed by atoms with Gasteiger partial charge in [-0.1, -0.05) is 11.6 Å². The molecule has 1 aromatic rings. The summed E-state index contributed by atoms with van der Waals surface area (Å²) >= 11 is 5.61. The van der Waals surface area contributed by atoms with Crippen LogP contribution < -0.4 is 4.72 Å². The highest BCUT2D eigenvalue weighted by Gasteiger charge is 2.21. The van der Waals surface area contributed by atoms with Crippen LogP contribution in [0.2, 0.25) is 5.02 Å². The molecule has 0 aromatic heterocycles. The lowest BCUT2D eigenvalue weighted by molar-refractivity contribution is -0.138. The molecule has 0 radical (unpaired) electrons. The molecular weight excluding hydrogens is 254 g/mol. The van der Waals surface area contributed by atoms with E-state index in [9.17, 15) is 13.2 Å². The van der Waals surface area contributed by atoms with Crippen LogP contribution in [-0.2, 0) is 14.8 Å². The molecule has 0 spiro atoms. The van der Waals surface area contributed by atoms with E-state index >= 15 is 0 Å². The number of halogens is 1. The molecule has 0 amide bonds. The molecule has 88 valence electrons. The Labute approximate surface area is 98.1 Å². The van der Waals surface area contributed by atoms with Crippen molar-refractivity contribution in [1.29, 1.82) is 0 Å². The first-order chi connectivity index (χ1) is 7.33. The molecule has 5 nitrogen and oxygen atoms in total. The van der Waals surface area contributed by atoms with Crippen molar-refractivity contribution in [2.75, 3.05) is 0 Å². The number of carboxylic acid groups (broad SMARTS) is 1. The molecule has 1 aromatic carbocycles. The van der Waals surface area contributed by atoms with E-state index in [0.29, 0.717) is 5.02 Å². The fourth-order valence-electron chi connectivity index (χ4n) is 0.965. The smallest absolute Gasteiger partial charge is 0.321 e. The highest BCUT2D eigenvalue weighted by atomic mass is 35.5. The van der Waals surface area contributed by atoms with E-state index in [2.05, 4.69) is 0 Å². The first-order valence-electron chi connectivity index (χ1n) is 4.33. The van der Waals surface area contributed by atoms with Crippen molar-refractivity contribution in [2.24, 2.45) is 0 Å². The highest BCUT2D eigenvalue weighted by molar-refractivity contribution is 7.89. The van der Waals surface area contributed by atoms with Crippen LogP contribution in [0.5, 0.6) is 0 Å². The van der Waals surface area contributed by atoms with Crippen LogP contribution in [0.4, 0.5) is 0 Å². The minimum absolute atomic E-state index is 0.0231. The summed E-state index contributed by atoms with van der Waals surface area (Å²) in [4.78, 5) is 10.5. The minimum atomic E-state index is -3.81. The Morgan fingerprint density at radius 2 is 1.88 bits per heavy atom. The topological polar surface area (TPSA) is 83.5 Å². The number of hydrogen-bond donors (Lipinski definition) is 2. The SMILES string of the molecule is C[C@@H](NS(=O)(=O)c1ccc(Cl)cc1)C(=O)O. The largest absolute Gasteiger partial charge is 0.480 e. The molecule has 0 fully saturated rings. The zero-order chi connectivity index (χ0) is 12.3. The van der Waals surface area contributed by atoms with E-state index in [4.69, 9.17) is 16.7 Å². The molecule has 0 bridgehead atoms. The van der Waals surface area contributed by atoms with Gasteiger partial charge in [-0.3, -0.25) is 4.79 Å². The zero-order valence-electron chi connectivity index (χ0n) is 8.34. The average Bonchev–Trinajstić information content (AvgIpc) is 2.17. The Hall–Kier alpha value is -1.11. The summed E-state index contributed by atoms with van der Waals surface area (Å²) in [5, 5.41) is 9.00. The van der Waals surface area contributed by atoms with Crippen molar-refractivity contribution in [3.63, 3.8) is 0 Å². The molecule has 0 saturated heterocycles. The van der Waals surface area contributed by atoms with Gasteiger partial charge in [0.15, 0.2) is 0 Å². The number of hydrogen-bond acceptors (Lipinski definition) is 3. The normalized spacial score (nSPS) is 13.4. The summed E-state index contributed by atoms with van der Waals surface area (Å²) in [5.74, 6) is -1.24. The number of sulfonamides is 1. The van der Waals surface area contributed by atoms with Crippen LogP contribution >= 0.6 is 11.6 Å². The van der Waals surface area contributed by atoms with Gasteiger partial charge in [0.2, 0.25) is 10.0 Å². The number of carboxylic acids is 1. The summed E-state index contributed by atoms with van der Waals surface area (Å²) in [6, 6.07) is 4.27. The predicted octanol–water partition coefficient (Wildman–Crippen LogP) is 1.09. The molecule has 1 rings (SSSR count). The van der Waals surface area contributed by atoms with Crippen LogP contribution in [0.15, 0.2) is 29.2 Å². The van der Waals surface area contributed by atoms with Gasteiger partial charge >= 0.3 is 5.97 Å². The van der Waals surface area contributed by atoms with E-state index < -0.39 is 22.0 Å². The van der Waals surface area contributed by atoms with Crippen LogP contribution in [0.1, 0.15) is 6.92 Å². The molecule has 16 heavy (non-hydrogen) atoms. The standard InChI is InChI=1S/C9H10ClNO4S/c1-6(9(12)13)11-16(14,15)8-4-2-7(10)3-5-8/h2-6,11H,1H3,(H,12,13)/t6-/m1/s1. The quantitative estimate of drug-likeness (QED) is 0.852.